The molecule has 0 amide bonds. The van der Waals surface area contributed by atoms with Crippen molar-refractivity contribution < 1.29 is 4.39 Å². The second kappa shape index (κ2) is 5.87. The first-order chi connectivity index (χ1) is 9.00. The molecule has 0 spiro atoms. The van der Waals surface area contributed by atoms with Crippen LogP contribution in [-0.2, 0) is 6.54 Å². The van der Waals surface area contributed by atoms with Crippen molar-refractivity contribution in [1.82, 2.24) is 10.3 Å². The maximum absolute atomic E-state index is 14.5. The number of hydrogen-bond acceptors (Lipinski definition) is 3. The van der Waals surface area contributed by atoms with Gasteiger partial charge in [-0.25, -0.2) is 9.37 Å². The Balaban J connectivity index is 2.13. The molecule has 1 N–H and O–H groups in total. The Kier molecular flexibility index (Phi) is 4.40. The normalized spacial score (nSPS) is 16.7. The van der Waals surface area contributed by atoms with Crippen molar-refractivity contribution in [3.63, 3.8) is 0 Å². The Hall–Kier alpha value is -1.16. The Morgan fingerprint density at radius 2 is 2.11 bits per heavy atom. The van der Waals surface area contributed by atoms with Crippen molar-refractivity contribution in [3.8, 4) is 0 Å². The van der Waals surface area contributed by atoms with Gasteiger partial charge in [0.05, 0.1) is 0 Å². The van der Waals surface area contributed by atoms with E-state index in [0.717, 1.165) is 0 Å². The maximum Gasteiger partial charge on any atom is 0.170 e. The summed E-state index contributed by atoms with van der Waals surface area (Å²) in [5.41, 5.74) is 0.708. The molecule has 0 aliphatic heterocycles. The summed E-state index contributed by atoms with van der Waals surface area (Å²) in [7, 11) is 1.91. The van der Waals surface area contributed by atoms with E-state index in [-0.39, 0.29) is 11.9 Å². The van der Waals surface area contributed by atoms with Gasteiger partial charge in [-0.2, -0.15) is 0 Å². The molecule has 1 aromatic rings. The van der Waals surface area contributed by atoms with Crippen LogP contribution in [0.1, 0.15) is 39.2 Å². The smallest absolute Gasteiger partial charge is 0.170 e. The predicted octanol–water partition coefficient (Wildman–Crippen LogP) is 2.95. The van der Waals surface area contributed by atoms with Crippen molar-refractivity contribution in [2.24, 2.45) is 5.92 Å². The van der Waals surface area contributed by atoms with E-state index in [2.05, 4.69) is 31.1 Å². The van der Waals surface area contributed by atoms with Gasteiger partial charge in [-0.15, -0.1) is 0 Å². The summed E-state index contributed by atoms with van der Waals surface area (Å²) >= 11 is 0. The number of rotatable bonds is 6. The van der Waals surface area contributed by atoms with Gasteiger partial charge in [0.2, 0.25) is 0 Å². The first-order valence-corrected chi connectivity index (χ1v) is 7.10. The third-order valence-electron chi connectivity index (χ3n) is 4.02. The number of halogens is 1. The van der Waals surface area contributed by atoms with Gasteiger partial charge in [-0.3, -0.25) is 0 Å². The van der Waals surface area contributed by atoms with Crippen LogP contribution in [0.15, 0.2) is 12.3 Å². The second-order valence-electron chi connectivity index (χ2n) is 5.86. The molecule has 1 heterocycles. The first kappa shape index (κ1) is 14.3. The molecule has 19 heavy (non-hydrogen) atoms. The lowest BCUT2D eigenvalue weighted by atomic mass is 10.1. The van der Waals surface area contributed by atoms with Crippen LogP contribution in [0.3, 0.4) is 0 Å². The molecule has 1 aliphatic rings. The van der Waals surface area contributed by atoms with E-state index in [4.69, 9.17) is 0 Å². The van der Waals surface area contributed by atoms with Crippen molar-refractivity contribution in [2.45, 2.75) is 52.2 Å². The van der Waals surface area contributed by atoms with Crippen molar-refractivity contribution in [2.75, 3.05) is 11.9 Å². The maximum atomic E-state index is 14.5. The van der Waals surface area contributed by atoms with E-state index in [1.54, 1.807) is 12.3 Å². The van der Waals surface area contributed by atoms with Gasteiger partial charge < -0.3 is 10.2 Å². The molecule has 4 heteroatoms. The molecule has 3 nitrogen and oxygen atoms in total. The highest BCUT2D eigenvalue weighted by molar-refractivity contribution is 5.43. The summed E-state index contributed by atoms with van der Waals surface area (Å²) in [4.78, 5) is 6.14. The summed E-state index contributed by atoms with van der Waals surface area (Å²) in [5.74, 6) is 0.724. The average Bonchev–Trinajstić information content (AvgIpc) is 3.20. The summed E-state index contributed by atoms with van der Waals surface area (Å²) in [6.45, 7) is 6.96. The fourth-order valence-corrected chi connectivity index (χ4v) is 2.04. The zero-order valence-electron chi connectivity index (χ0n) is 12.3. The molecular weight excluding hydrogens is 241 g/mol. The molecule has 1 aromatic heterocycles. The van der Waals surface area contributed by atoms with Gasteiger partial charge in [-0.05, 0) is 31.7 Å². The van der Waals surface area contributed by atoms with Crippen LogP contribution in [-0.4, -0.2) is 24.1 Å². The molecule has 1 fully saturated rings. The molecule has 2 rings (SSSR count). The van der Waals surface area contributed by atoms with Crippen LogP contribution < -0.4 is 10.2 Å². The molecule has 0 bridgehead atoms. The molecule has 0 saturated heterocycles. The SMILES string of the molecule is CC(C)C(C)N(C)c1nccc(CNC2CC2)c1F. The van der Waals surface area contributed by atoms with E-state index in [0.29, 0.717) is 29.9 Å². The van der Waals surface area contributed by atoms with Crippen LogP contribution in [0.4, 0.5) is 10.2 Å². The van der Waals surface area contributed by atoms with Gasteiger partial charge in [0.1, 0.15) is 0 Å². The number of aromatic nitrogens is 1. The quantitative estimate of drug-likeness (QED) is 0.857. The molecule has 0 aromatic carbocycles. The molecule has 1 aliphatic carbocycles. The van der Waals surface area contributed by atoms with Crippen molar-refractivity contribution >= 4 is 5.82 Å². The van der Waals surface area contributed by atoms with Gasteiger partial charge in [0.15, 0.2) is 11.6 Å². The Bertz CT molecular complexity index is 429. The van der Waals surface area contributed by atoms with Crippen LogP contribution in [0.5, 0.6) is 0 Å². The largest absolute Gasteiger partial charge is 0.354 e. The van der Waals surface area contributed by atoms with Crippen LogP contribution in [0.25, 0.3) is 0 Å². The molecule has 1 saturated carbocycles. The Labute approximate surface area is 115 Å². The number of hydrogen-bond donors (Lipinski definition) is 1. The number of nitrogens with one attached hydrogen (secondary N) is 1. The third kappa shape index (κ3) is 3.44. The number of anilines is 1. The zero-order chi connectivity index (χ0) is 14.0. The van der Waals surface area contributed by atoms with Gasteiger partial charge in [0, 0.05) is 37.4 Å². The van der Waals surface area contributed by atoms with E-state index in [1.165, 1.54) is 12.8 Å². The summed E-state index contributed by atoms with van der Waals surface area (Å²) in [5, 5.41) is 3.35. The standard InChI is InChI=1S/C15H24FN3/c1-10(2)11(3)19(4)15-14(16)12(7-8-17-15)9-18-13-5-6-13/h7-8,10-11,13,18H,5-6,9H2,1-4H3. The number of pyridine rings is 1. The minimum Gasteiger partial charge on any atom is -0.354 e. The van der Waals surface area contributed by atoms with Gasteiger partial charge in [0.25, 0.3) is 0 Å². The zero-order valence-corrected chi connectivity index (χ0v) is 12.3. The number of nitrogens with zero attached hydrogens (tertiary/aromatic N) is 2. The molecule has 1 unspecified atom stereocenters. The van der Waals surface area contributed by atoms with Crippen LogP contribution >= 0.6 is 0 Å². The topological polar surface area (TPSA) is 28.2 Å². The van der Waals surface area contributed by atoms with E-state index < -0.39 is 0 Å². The van der Waals surface area contributed by atoms with Gasteiger partial charge >= 0.3 is 0 Å². The molecular formula is C15H24FN3. The minimum atomic E-state index is -0.189. The monoisotopic (exact) mass is 265 g/mol. The second-order valence-corrected chi connectivity index (χ2v) is 5.86. The lowest BCUT2D eigenvalue weighted by molar-refractivity contribution is 0.490. The lowest BCUT2D eigenvalue weighted by Crippen LogP contribution is -2.34. The summed E-state index contributed by atoms with van der Waals surface area (Å²) < 4.78 is 14.5. The average molecular weight is 265 g/mol. The highest BCUT2D eigenvalue weighted by Crippen LogP contribution is 2.24. The molecule has 1 atom stereocenters. The van der Waals surface area contributed by atoms with Gasteiger partial charge in [-0.1, -0.05) is 13.8 Å². The third-order valence-corrected chi connectivity index (χ3v) is 4.02. The van der Waals surface area contributed by atoms with E-state index in [1.807, 2.05) is 11.9 Å². The first-order valence-electron chi connectivity index (χ1n) is 7.10. The molecule has 106 valence electrons. The predicted molar refractivity (Wildman–Crippen MR) is 76.8 cm³/mol. The summed E-state index contributed by atoms with van der Waals surface area (Å²) in [6, 6.07) is 2.61. The highest BCUT2D eigenvalue weighted by Gasteiger charge is 2.23. The molecule has 0 radical (unpaired) electrons. The summed E-state index contributed by atoms with van der Waals surface area (Å²) in [6.07, 6.45) is 4.12. The minimum absolute atomic E-state index is 0.189. The van der Waals surface area contributed by atoms with E-state index in [9.17, 15) is 4.39 Å². The van der Waals surface area contributed by atoms with Crippen molar-refractivity contribution in [1.29, 1.82) is 0 Å². The highest BCUT2D eigenvalue weighted by atomic mass is 19.1. The Morgan fingerprint density at radius 3 is 2.68 bits per heavy atom. The van der Waals surface area contributed by atoms with Crippen LogP contribution in [0, 0.1) is 11.7 Å². The van der Waals surface area contributed by atoms with Crippen LogP contribution in [0.2, 0.25) is 0 Å². The lowest BCUT2D eigenvalue weighted by Gasteiger charge is -2.29. The fourth-order valence-electron chi connectivity index (χ4n) is 2.04. The van der Waals surface area contributed by atoms with E-state index >= 15 is 0 Å². The van der Waals surface area contributed by atoms with Crippen molar-refractivity contribution in [3.05, 3.63) is 23.6 Å². The Morgan fingerprint density at radius 1 is 1.42 bits per heavy atom. The fraction of sp³-hybridized carbons (Fsp3) is 0.667.